The van der Waals surface area contributed by atoms with E-state index in [1.807, 2.05) is 4.90 Å². The third-order valence-electron chi connectivity index (χ3n) is 5.04. The van der Waals surface area contributed by atoms with Crippen molar-refractivity contribution in [2.24, 2.45) is 0 Å². The second-order valence-corrected chi connectivity index (χ2v) is 6.23. The van der Waals surface area contributed by atoms with E-state index in [1.54, 1.807) is 7.11 Å². The zero-order valence-corrected chi connectivity index (χ0v) is 11.9. The number of rotatable bonds is 3. The Morgan fingerprint density at radius 2 is 2.16 bits per heavy atom. The molecule has 1 spiro atoms. The summed E-state index contributed by atoms with van der Waals surface area (Å²) >= 11 is 0. The van der Waals surface area contributed by atoms with Crippen molar-refractivity contribution >= 4 is 5.91 Å². The van der Waals surface area contributed by atoms with Gasteiger partial charge >= 0.3 is 0 Å². The maximum absolute atomic E-state index is 12.8. The average molecular weight is 268 g/mol. The summed E-state index contributed by atoms with van der Waals surface area (Å²) in [7, 11) is 1.72. The highest BCUT2D eigenvalue weighted by atomic mass is 16.5. The van der Waals surface area contributed by atoms with Gasteiger partial charge in [-0.1, -0.05) is 12.8 Å². The van der Waals surface area contributed by atoms with E-state index in [2.05, 4.69) is 12.2 Å². The number of hydrogen-bond donors (Lipinski definition) is 1. The largest absolute Gasteiger partial charge is 0.378 e. The van der Waals surface area contributed by atoms with Crippen molar-refractivity contribution in [3.63, 3.8) is 0 Å². The predicted molar refractivity (Wildman–Crippen MR) is 70.7 cm³/mol. The number of amides is 1. The van der Waals surface area contributed by atoms with Crippen molar-refractivity contribution in [3.05, 3.63) is 0 Å². The Bertz CT molecular complexity index is 360. The minimum absolute atomic E-state index is 0.0956. The molecule has 3 fully saturated rings. The molecule has 2 unspecified atom stereocenters. The first-order chi connectivity index (χ1) is 9.11. The number of methoxy groups -OCH3 is 1. The van der Waals surface area contributed by atoms with Gasteiger partial charge in [0.2, 0.25) is 5.91 Å². The number of ether oxygens (including phenoxy) is 2. The summed E-state index contributed by atoms with van der Waals surface area (Å²) in [5, 5.41) is 3.52. The summed E-state index contributed by atoms with van der Waals surface area (Å²) < 4.78 is 11.1. The molecule has 0 aromatic heterocycles. The molecule has 1 saturated carbocycles. The fraction of sp³-hybridized carbons (Fsp3) is 0.929. The van der Waals surface area contributed by atoms with Gasteiger partial charge in [0.1, 0.15) is 5.60 Å². The molecule has 2 saturated heterocycles. The van der Waals surface area contributed by atoms with Crippen LogP contribution < -0.4 is 5.32 Å². The minimum atomic E-state index is -0.310. The number of nitrogens with one attached hydrogen (secondary N) is 1. The molecule has 2 heterocycles. The van der Waals surface area contributed by atoms with Crippen molar-refractivity contribution in [2.75, 3.05) is 26.9 Å². The van der Waals surface area contributed by atoms with Gasteiger partial charge in [0.15, 0.2) is 0 Å². The summed E-state index contributed by atoms with van der Waals surface area (Å²) in [4.78, 5) is 14.7. The van der Waals surface area contributed by atoms with Crippen LogP contribution in [0.4, 0.5) is 0 Å². The normalized spacial score (nSPS) is 37.7. The maximum Gasteiger partial charge on any atom is 0.244 e. The summed E-state index contributed by atoms with van der Waals surface area (Å²) in [6.07, 6.45) is 5.22. The molecule has 108 valence electrons. The summed E-state index contributed by atoms with van der Waals surface area (Å²) in [5.74, 6) is 0.265. The quantitative estimate of drug-likeness (QED) is 0.825. The van der Waals surface area contributed by atoms with Gasteiger partial charge in [0, 0.05) is 20.1 Å². The van der Waals surface area contributed by atoms with Gasteiger partial charge < -0.3 is 14.4 Å². The van der Waals surface area contributed by atoms with E-state index < -0.39 is 0 Å². The van der Waals surface area contributed by atoms with E-state index in [0.29, 0.717) is 13.2 Å². The zero-order valence-electron chi connectivity index (χ0n) is 11.9. The van der Waals surface area contributed by atoms with Gasteiger partial charge in [-0.05, 0) is 19.8 Å². The molecular formula is C14H24N2O3. The molecule has 1 aliphatic carbocycles. The summed E-state index contributed by atoms with van der Waals surface area (Å²) in [6.45, 7) is 4.03. The fourth-order valence-electron chi connectivity index (χ4n) is 3.78. The number of carbonyl (C=O) groups excluding carboxylic acids is 1. The van der Waals surface area contributed by atoms with Crippen LogP contribution in [0.2, 0.25) is 0 Å². The second kappa shape index (κ2) is 4.72. The molecule has 0 bridgehead atoms. The lowest BCUT2D eigenvalue weighted by Gasteiger charge is -2.33. The van der Waals surface area contributed by atoms with Crippen LogP contribution in [-0.4, -0.2) is 55.0 Å². The van der Waals surface area contributed by atoms with Crippen molar-refractivity contribution < 1.29 is 14.3 Å². The molecule has 0 radical (unpaired) electrons. The number of hydrogen-bond acceptors (Lipinski definition) is 4. The highest BCUT2D eigenvalue weighted by molar-refractivity contribution is 5.89. The smallest absolute Gasteiger partial charge is 0.244 e. The lowest BCUT2D eigenvalue weighted by Crippen LogP contribution is -2.49. The molecule has 5 heteroatoms. The van der Waals surface area contributed by atoms with Gasteiger partial charge in [-0.2, -0.15) is 0 Å². The van der Waals surface area contributed by atoms with E-state index in [4.69, 9.17) is 9.47 Å². The van der Waals surface area contributed by atoms with E-state index in [-0.39, 0.29) is 23.2 Å². The molecule has 3 aliphatic rings. The SMILES string of the molecule is COC1(CN2C(=O)C3(CCCC3)NC2C)CCOC1. The third-order valence-corrected chi connectivity index (χ3v) is 5.04. The molecule has 2 atom stereocenters. The Balaban J connectivity index is 1.75. The van der Waals surface area contributed by atoms with Crippen LogP contribution in [0.3, 0.4) is 0 Å². The van der Waals surface area contributed by atoms with Crippen molar-refractivity contribution in [1.29, 1.82) is 0 Å². The Hall–Kier alpha value is -0.650. The van der Waals surface area contributed by atoms with Crippen LogP contribution >= 0.6 is 0 Å². The second-order valence-electron chi connectivity index (χ2n) is 6.23. The van der Waals surface area contributed by atoms with Gasteiger partial charge in [0.05, 0.1) is 24.9 Å². The van der Waals surface area contributed by atoms with E-state index in [9.17, 15) is 4.79 Å². The van der Waals surface area contributed by atoms with Crippen molar-refractivity contribution in [1.82, 2.24) is 10.2 Å². The van der Waals surface area contributed by atoms with Gasteiger partial charge in [0.25, 0.3) is 0 Å². The molecule has 0 aromatic carbocycles. The Kier molecular flexibility index (Phi) is 3.31. The first-order valence-corrected chi connectivity index (χ1v) is 7.33. The van der Waals surface area contributed by atoms with E-state index in [0.717, 1.165) is 38.7 Å². The Morgan fingerprint density at radius 3 is 2.74 bits per heavy atom. The van der Waals surface area contributed by atoms with Crippen molar-refractivity contribution in [3.8, 4) is 0 Å². The molecule has 19 heavy (non-hydrogen) atoms. The van der Waals surface area contributed by atoms with Crippen LogP contribution in [0.1, 0.15) is 39.0 Å². The Labute approximate surface area is 114 Å². The molecule has 5 nitrogen and oxygen atoms in total. The number of carbonyl (C=O) groups is 1. The molecule has 3 rings (SSSR count). The lowest BCUT2D eigenvalue weighted by molar-refractivity contribution is -0.137. The topological polar surface area (TPSA) is 50.8 Å². The number of nitrogens with zero attached hydrogens (tertiary/aromatic N) is 1. The fourth-order valence-corrected chi connectivity index (χ4v) is 3.78. The third kappa shape index (κ3) is 2.08. The van der Waals surface area contributed by atoms with Crippen LogP contribution in [0.25, 0.3) is 0 Å². The maximum atomic E-state index is 12.8. The van der Waals surface area contributed by atoms with Gasteiger partial charge in [-0.15, -0.1) is 0 Å². The van der Waals surface area contributed by atoms with E-state index >= 15 is 0 Å². The van der Waals surface area contributed by atoms with Crippen LogP contribution in [-0.2, 0) is 14.3 Å². The van der Waals surface area contributed by atoms with Crippen LogP contribution in [0.5, 0.6) is 0 Å². The Morgan fingerprint density at radius 1 is 1.42 bits per heavy atom. The van der Waals surface area contributed by atoms with Crippen LogP contribution in [0.15, 0.2) is 0 Å². The highest BCUT2D eigenvalue weighted by Crippen LogP contribution is 2.37. The van der Waals surface area contributed by atoms with Crippen molar-refractivity contribution in [2.45, 2.75) is 56.3 Å². The molecule has 1 amide bonds. The van der Waals surface area contributed by atoms with Gasteiger partial charge in [-0.25, -0.2) is 0 Å². The summed E-state index contributed by atoms with van der Waals surface area (Å²) in [6, 6.07) is 0. The minimum Gasteiger partial charge on any atom is -0.378 e. The predicted octanol–water partition coefficient (Wildman–Crippen LogP) is 0.882. The standard InChI is InChI=1S/C14H24N2O3/c1-11-15-14(5-3-4-6-14)12(17)16(11)9-13(18-2)7-8-19-10-13/h11,15H,3-10H2,1-2H3. The molecule has 0 aromatic rings. The zero-order chi connectivity index (χ0) is 13.5. The van der Waals surface area contributed by atoms with Crippen LogP contribution in [0, 0.1) is 0 Å². The average Bonchev–Trinajstić information content (AvgIpc) is 3.09. The molecule has 1 N–H and O–H groups in total. The first-order valence-electron chi connectivity index (χ1n) is 7.33. The molecule has 2 aliphatic heterocycles. The molecular weight excluding hydrogens is 244 g/mol. The summed E-state index contributed by atoms with van der Waals surface area (Å²) in [5.41, 5.74) is -0.594. The van der Waals surface area contributed by atoms with E-state index in [1.165, 1.54) is 0 Å². The first kappa shape index (κ1) is 13.3. The van der Waals surface area contributed by atoms with Gasteiger partial charge in [-0.3, -0.25) is 10.1 Å². The lowest BCUT2D eigenvalue weighted by atomic mass is 9.97. The highest BCUT2D eigenvalue weighted by Gasteiger charge is 2.53. The monoisotopic (exact) mass is 268 g/mol.